The highest BCUT2D eigenvalue weighted by atomic mass is 32.2. The lowest BCUT2D eigenvalue weighted by Gasteiger charge is -2.30. The first-order chi connectivity index (χ1) is 7.54. The Labute approximate surface area is 103 Å². The zero-order valence-electron chi connectivity index (χ0n) is 10.1. The van der Waals surface area contributed by atoms with Crippen molar-refractivity contribution in [3.63, 3.8) is 0 Å². The molecule has 0 aliphatic carbocycles. The van der Waals surface area contributed by atoms with E-state index < -0.39 is 10.0 Å². The van der Waals surface area contributed by atoms with Gasteiger partial charge in [0.15, 0.2) is 0 Å². The number of piperidine rings is 1. The molecule has 0 spiro atoms. The van der Waals surface area contributed by atoms with Gasteiger partial charge < -0.3 is 5.32 Å². The van der Waals surface area contributed by atoms with Gasteiger partial charge in [0.25, 0.3) is 0 Å². The predicted molar refractivity (Wildman–Crippen MR) is 70.4 cm³/mol. The molecule has 1 aliphatic rings. The Bertz CT molecular complexity index is 285. The van der Waals surface area contributed by atoms with Crippen LogP contribution < -0.4 is 5.32 Å². The van der Waals surface area contributed by atoms with E-state index in [1.807, 2.05) is 11.8 Å². The van der Waals surface area contributed by atoms with Gasteiger partial charge in [0.1, 0.15) is 0 Å². The van der Waals surface area contributed by atoms with Gasteiger partial charge in [-0.25, -0.2) is 12.7 Å². The number of thioether (sulfide) groups is 1. The van der Waals surface area contributed by atoms with Crippen LogP contribution in [-0.4, -0.2) is 56.2 Å². The second kappa shape index (κ2) is 6.83. The molecule has 4 nitrogen and oxygen atoms in total. The molecule has 0 atom stereocenters. The van der Waals surface area contributed by atoms with Crippen molar-refractivity contribution in [1.82, 2.24) is 9.62 Å². The monoisotopic (exact) mass is 266 g/mol. The van der Waals surface area contributed by atoms with E-state index in [9.17, 15) is 8.42 Å². The van der Waals surface area contributed by atoms with E-state index in [0.717, 1.165) is 30.9 Å². The summed E-state index contributed by atoms with van der Waals surface area (Å²) in [5, 5.41) is 3.49. The van der Waals surface area contributed by atoms with Crippen LogP contribution in [0.3, 0.4) is 0 Å². The molecule has 1 heterocycles. The van der Waals surface area contributed by atoms with Gasteiger partial charge in [-0.15, -0.1) is 0 Å². The van der Waals surface area contributed by atoms with E-state index >= 15 is 0 Å². The van der Waals surface area contributed by atoms with E-state index in [1.54, 1.807) is 4.31 Å². The minimum Gasteiger partial charge on any atom is -0.313 e. The highest BCUT2D eigenvalue weighted by Crippen LogP contribution is 2.13. The highest BCUT2D eigenvalue weighted by molar-refractivity contribution is 7.99. The Morgan fingerprint density at radius 1 is 1.38 bits per heavy atom. The molecule has 0 aromatic rings. The molecule has 96 valence electrons. The number of nitrogens with one attached hydrogen (secondary N) is 1. The van der Waals surface area contributed by atoms with Crippen LogP contribution >= 0.6 is 11.8 Å². The van der Waals surface area contributed by atoms with Crippen LogP contribution in [0.1, 0.15) is 19.8 Å². The average Bonchev–Trinajstić information content (AvgIpc) is 2.24. The maximum Gasteiger partial charge on any atom is 0.211 e. The van der Waals surface area contributed by atoms with Gasteiger partial charge >= 0.3 is 0 Å². The van der Waals surface area contributed by atoms with E-state index in [1.165, 1.54) is 6.26 Å². The number of rotatable bonds is 6. The van der Waals surface area contributed by atoms with Gasteiger partial charge in [-0.1, -0.05) is 6.92 Å². The summed E-state index contributed by atoms with van der Waals surface area (Å²) >= 11 is 1.93. The number of sulfonamides is 1. The molecule has 0 amide bonds. The second-order valence-electron chi connectivity index (χ2n) is 4.09. The first-order valence-corrected chi connectivity index (χ1v) is 8.80. The Balaban J connectivity index is 2.17. The fraction of sp³-hybridized carbons (Fsp3) is 1.00. The standard InChI is InChI=1S/C10H22N2O2S2/c1-3-15-9-6-11-10-4-7-12(8-5-10)16(2,13)14/h10-11H,3-9H2,1-2H3. The van der Waals surface area contributed by atoms with E-state index in [2.05, 4.69) is 12.2 Å². The molecule has 0 saturated carbocycles. The first-order valence-electron chi connectivity index (χ1n) is 5.80. The minimum absolute atomic E-state index is 0.496. The Kier molecular flexibility index (Phi) is 6.10. The van der Waals surface area contributed by atoms with E-state index in [-0.39, 0.29) is 0 Å². The summed E-state index contributed by atoms with van der Waals surface area (Å²) in [5.41, 5.74) is 0. The van der Waals surface area contributed by atoms with Gasteiger partial charge in [0.2, 0.25) is 10.0 Å². The molecule has 0 radical (unpaired) electrons. The quantitative estimate of drug-likeness (QED) is 0.721. The van der Waals surface area contributed by atoms with Crippen molar-refractivity contribution in [2.24, 2.45) is 0 Å². The second-order valence-corrected chi connectivity index (χ2v) is 7.46. The summed E-state index contributed by atoms with van der Waals surface area (Å²) in [6, 6.07) is 0.496. The molecule has 0 aromatic heterocycles. The topological polar surface area (TPSA) is 49.4 Å². The number of nitrogens with zero attached hydrogens (tertiary/aromatic N) is 1. The third-order valence-electron chi connectivity index (χ3n) is 2.81. The maximum absolute atomic E-state index is 11.3. The van der Waals surface area contributed by atoms with Crippen molar-refractivity contribution < 1.29 is 8.42 Å². The van der Waals surface area contributed by atoms with Gasteiger partial charge in [-0.05, 0) is 18.6 Å². The van der Waals surface area contributed by atoms with Crippen LogP contribution in [0.15, 0.2) is 0 Å². The smallest absolute Gasteiger partial charge is 0.211 e. The fourth-order valence-electron chi connectivity index (χ4n) is 1.87. The summed E-state index contributed by atoms with van der Waals surface area (Å²) < 4.78 is 24.2. The lowest BCUT2D eigenvalue weighted by molar-refractivity contribution is 0.294. The molecule has 1 N–H and O–H groups in total. The lowest BCUT2D eigenvalue weighted by Crippen LogP contribution is -2.44. The minimum atomic E-state index is -2.98. The third-order valence-corrected chi connectivity index (χ3v) is 5.01. The summed E-state index contributed by atoms with van der Waals surface area (Å²) in [6.45, 7) is 4.52. The van der Waals surface area contributed by atoms with Crippen molar-refractivity contribution in [3.8, 4) is 0 Å². The molecule has 1 rings (SSSR count). The van der Waals surface area contributed by atoms with Crippen LogP contribution in [0.4, 0.5) is 0 Å². The normalized spacial score (nSPS) is 20.1. The molecular weight excluding hydrogens is 244 g/mol. The van der Waals surface area contributed by atoms with Gasteiger partial charge in [0.05, 0.1) is 6.26 Å². The molecule has 1 saturated heterocycles. The average molecular weight is 266 g/mol. The number of hydrogen-bond acceptors (Lipinski definition) is 4. The van der Waals surface area contributed by atoms with Gasteiger partial charge in [-0.2, -0.15) is 11.8 Å². The van der Waals surface area contributed by atoms with Crippen LogP contribution in [-0.2, 0) is 10.0 Å². The molecule has 6 heteroatoms. The zero-order valence-corrected chi connectivity index (χ0v) is 11.7. The SMILES string of the molecule is CCSCCNC1CCN(S(C)(=O)=O)CC1. The van der Waals surface area contributed by atoms with E-state index in [4.69, 9.17) is 0 Å². The Hall–Kier alpha value is 0.220. The van der Waals surface area contributed by atoms with Gasteiger partial charge in [0, 0.05) is 31.4 Å². The van der Waals surface area contributed by atoms with Crippen LogP contribution in [0.5, 0.6) is 0 Å². The van der Waals surface area contributed by atoms with Crippen molar-refractivity contribution in [1.29, 1.82) is 0 Å². The van der Waals surface area contributed by atoms with Crippen molar-refractivity contribution in [2.75, 3.05) is 37.4 Å². The zero-order chi connectivity index (χ0) is 12.0. The van der Waals surface area contributed by atoms with Crippen molar-refractivity contribution in [2.45, 2.75) is 25.8 Å². The molecule has 0 aromatic carbocycles. The maximum atomic E-state index is 11.3. The molecule has 16 heavy (non-hydrogen) atoms. The lowest BCUT2D eigenvalue weighted by atomic mass is 10.1. The van der Waals surface area contributed by atoms with Crippen molar-refractivity contribution >= 4 is 21.8 Å². The largest absolute Gasteiger partial charge is 0.313 e. The molecule has 0 unspecified atom stereocenters. The van der Waals surface area contributed by atoms with Gasteiger partial charge in [-0.3, -0.25) is 0 Å². The van der Waals surface area contributed by atoms with Crippen LogP contribution in [0, 0.1) is 0 Å². The summed E-state index contributed by atoms with van der Waals surface area (Å²) in [7, 11) is -2.98. The summed E-state index contributed by atoms with van der Waals surface area (Å²) in [6.07, 6.45) is 3.16. The predicted octanol–water partition coefficient (Wildman–Crippen LogP) is 0.753. The number of hydrogen-bond donors (Lipinski definition) is 1. The van der Waals surface area contributed by atoms with Crippen molar-refractivity contribution in [3.05, 3.63) is 0 Å². The summed E-state index contributed by atoms with van der Waals surface area (Å²) in [5.74, 6) is 2.30. The highest BCUT2D eigenvalue weighted by Gasteiger charge is 2.24. The van der Waals surface area contributed by atoms with E-state index in [0.29, 0.717) is 19.1 Å². The first kappa shape index (κ1) is 14.3. The fourth-order valence-corrected chi connectivity index (χ4v) is 3.30. The third kappa shape index (κ3) is 5.03. The molecule has 0 bridgehead atoms. The Morgan fingerprint density at radius 2 is 2.00 bits per heavy atom. The molecule has 1 aliphatic heterocycles. The van der Waals surface area contributed by atoms with Crippen LogP contribution in [0.2, 0.25) is 0 Å². The van der Waals surface area contributed by atoms with Crippen LogP contribution in [0.25, 0.3) is 0 Å². The Morgan fingerprint density at radius 3 is 2.50 bits per heavy atom. The molecular formula is C10H22N2O2S2. The summed E-state index contributed by atoms with van der Waals surface area (Å²) in [4.78, 5) is 0. The molecule has 1 fully saturated rings.